The van der Waals surface area contributed by atoms with E-state index in [1.165, 1.54) is 31.7 Å². The molecule has 110 valence electrons. The second kappa shape index (κ2) is 5.80. The van der Waals surface area contributed by atoms with Gasteiger partial charge in [0.1, 0.15) is 11.6 Å². The van der Waals surface area contributed by atoms with Crippen molar-refractivity contribution >= 4 is 0 Å². The Kier molecular flexibility index (Phi) is 4.06. The Labute approximate surface area is 119 Å². The molecule has 0 spiro atoms. The molecular formula is C17H23F2N. The van der Waals surface area contributed by atoms with Gasteiger partial charge in [-0.15, -0.1) is 0 Å². The highest BCUT2D eigenvalue weighted by molar-refractivity contribution is 5.22. The lowest BCUT2D eigenvalue weighted by molar-refractivity contribution is 0.278. The summed E-state index contributed by atoms with van der Waals surface area (Å²) in [6.45, 7) is 2.84. The lowest BCUT2D eigenvalue weighted by atomic mass is 9.82. The molecule has 0 aromatic heterocycles. The number of nitrogens with one attached hydrogen (secondary N) is 1. The first kappa shape index (κ1) is 14.0. The maximum absolute atomic E-state index is 14.0. The van der Waals surface area contributed by atoms with Gasteiger partial charge < -0.3 is 5.32 Å². The Balaban J connectivity index is 1.75. The number of fused-ring (bicyclic) bond motifs is 2. The summed E-state index contributed by atoms with van der Waals surface area (Å²) in [5, 5.41) is 3.38. The molecule has 0 heterocycles. The predicted octanol–water partition coefficient (Wildman–Crippen LogP) is 4.44. The van der Waals surface area contributed by atoms with E-state index < -0.39 is 11.6 Å². The van der Waals surface area contributed by atoms with Crippen molar-refractivity contribution in [3.8, 4) is 0 Å². The second-order valence-corrected chi connectivity index (χ2v) is 6.45. The highest BCUT2D eigenvalue weighted by Gasteiger charge is 2.40. The molecule has 2 fully saturated rings. The summed E-state index contributed by atoms with van der Waals surface area (Å²) in [6.07, 6.45) is 6.39. The van der Waals surface area contributed by atoms with Crippen LogP contribution in [-0.4, -0.2) is 6.54 Å². The van der Waals surface area contributed by atoms with Crippen LogP contribution in [0.4, 0.5) is 8.78 Å². The van der Waals surface area contributed by atoms with Crippen molar-refractivity contribution in [1.82, 2.24) is 5.32 Å². The van der Waals surface area contributed by atoms with E-state index in [0.717, 1.165) is 30.9 Å². The van der Waals surface area contributed by atoms with Gasteiger partial charge in [-0.3, -0.25) is 0 Å². The number of hydrogen-bond donors (Lipinski definition) is 1. The molecule has 0 aliphatic heterocycles. The van der Waals surface area contributed by atoms with Crippen LogP contribution >= 0.6 is 0 Å². The summed E-state index contributed by atoms with van der Waals surface area (Å²) in [6, 6.07) is 3.99. The molecule has 0 saturated heterocycles. The third-order valence-electron chi connectivity index (χ3n) is 5.21. The average molecular weight is 279 g/mol. The van der Waals surface area contributed by atoms with Crippen molar-refractivity contribution in [3.05, 3.63) is 35.4 Å². The van der Waals surface area contributed by atoms with Gasteiger partial charge in [0.05, 0.1) is 0 Å². The Bertz CT molecular complexity index is 474. The number of rotatable bonds is 5. The minimum Gasteiger partial charge on any atom is -0.310 e. The molecule has 2 saturated carbocycles. The lowest BCUT2D eigenvalue weighted by Crippen LogP contribution is -2.26. The fourth-order valence-electron chi connectivity index (χ4n) is 4.32. The highest BCUT2D eigenvalue weighted by atomic mass is 19.1. The highest BCUT2D eigenvalue weighted by Crippen LogP contribution is 2.51. The molecule has 4 atom stereocenters. The van der Waals surface area contributed by atoms with Crippen molar-refractivity contribution in [2.75, 3.05) is 6.54 Å². The third-order valence-corrected chi connectivity index (χ3v) is 5.21. The van der Waals surface area contributed by atoms with Crippen LogP contribution in [0.5, 0.6) is 0 Å². The first-order valence-electron chi connectivity index (χ1n) is 7.85. The number of benzene rings is 1. The zero-order chi connectivity index (χ0) is 14.1. The molecular weight excluding hydrogens is 256 g/mol. The van der Waals surface area contributed by atoms with Crippen LogP contribution in [0, 0.1) is 29.4 Å². The van der Waals surface area contributed by atoms with E-state index in [-0.39, 0.29) is 6.04 Å². The van der Waals surface area contributed by atoms with Crippen molar-refractivity contribution in [2.45, 2.75) is 45.1 Å². The van der Waals surface area contributed by atoms with Crippen LogP contribution in [0.15, 0.2) is 18.2 Å². The van der Waals surface area contributed by atoms with E-state index in [0.29, 0.717) is 11.5 Å². The van der Waals surface area contributed by atoms with Gasteiger partial charge in [0.25, 0.3) is 0 Å². The Hall–Kier alpha value is -0.960. The topological polar surface area (TPSA) is 12.0 Å². The lowest BCUT2D eigenvalue weighted by Gasteiger charge is -2.27. The van der Waals surface area contributed by atoms with Crippen molar-refractivity contribution in [3.63, 3.8) is 0 Å². The standard InChI is InChI=1S/C17H23F2N/c1-2-20-17(15-6-5-14(18)10-16(15)19)9-13-8-11-3-4-12(13)7-11/h5-6,10-13,17,20H,2-4,7-9H2,1H3. The molecule has 3 rings (SSSR count). The summed E-state index contributed by atoms with van der Waals surface area (Å²) in [7, 11) is 0. The summed E-state index contributed by atoms with van der Waals surface area (Å²) in [5.41, 5.74) is 0.621. The zero-order valence-corrected chi connectivity index (χ0v) is 12.0. The Morgan fingerprint density at radius 2 is 2.10 bits per heavy atom. The number of halogens is 2. The van der Waals surface area contributed by atoms with E-state index in [2.05, 4.69) is 5.32 Å². The molecule has 1 aromatic carbocycles. The molecule has 4 unspecified atom stereocenters. The largest absolute Gasteiger partial charge is 0.310 e. The van der Waals surface area contributed by atoms with Crippen LogP contribution in [0.1, 0.15) is 50.6 Å². The van der Waals surface area contributed by atoms with Crippen molar-refractivity contribution < 1.29 is 8.78 Å². The van der Waals surface area contributed by atoms with Gasteiger partial charge in [-0.25, -0.2) is 8.78 Å². The van der Waals surface area contributed by atoms with Crippen molar-refractivity contribution in [1.29, 1.82) is 0 Å². The molecule has 1 N–H and O–H groups in total. The SMILES string of the molecule is CCNC(CC1CC2CCC1C2)c1ccc(F)cc1F. The Morgan fingerprint density at radius 1 is 1.25 bits per heavy atom. The summed E-state index contributed by atoms with van der Waals surface area (Å²) < 4.78 is 27.1. The van der Waals surface area contributed by atoms with Crippen LogP contribution in [0.3, 0.4) is 0 Å². The average Bonchev–Trinajstić information content (AvgIpc) is 3.00. The zero-order valence-electron chi connectivity index (χ0n) is 12.0. The Morgan fingerprint density at radius 3 is 2.70 bits per heavy atom. The van der Waals surface area contributed by atoms with Crippen molar-refractivity contribution in [2.24, 2.45) is 17.8 Å². The molecule has 2 bridgehead atoms. The van der Waals surface area contributed by atoms with Gasteiger partial charge in [-0.2, -0.15) is 0 Å². The van der Waals surface area contributed by atoms with E-state index in [9.17, 15) is 8.78 Å². The predicted molar refractivity (Wildman–Crippen MR) is 76.3 cm³/mol. The normalized spacial score (nSPS) is 29.9. The molecule has 0 radical (unpaired) electrons. The quantitative estimate of drug-likeness (QED) is 0.840. The molecule has 2 aliphatic rings. The monoisotopic (exact) mass is 279 g/mol. The van der Waals surface area contributed by atoms with Gasteiger partial charge in [0, 0.05) is 17.7 Å². The van der Waals surface area contributed by atoms with E-state index in [1.807, 2.05) is 6.92 Å². The fraction of sp³-hybridized carbons (Fsp3) is 0.647. The molecule has 3 heteroatoms. The maximum atomic E-state index is 14.0. The van der Waals surface area contributed by atoms with Gasteiger partial charge in [-0.05, 0) is 56.0 Å². The van der Waals surface area contributed by atoms with E-state index in [4.69, 9.17) is 0 Å². The molecule has 20 heavy (non-hydrogen) atoms. The third kappa shape index (κ3) is 2.73. The van der Waals surface area contributed by atoms with Crippen LogP contribution in [0.2, 0.25) is 0 Å². The first-order valence-corrected chi connectivity index (χ1v) is 7.85. The summed E-state index contributed by atoms with van der Waals surface area (Å²) >= 11 is 0. The first-order chi connectivity index (χ1) is 9.67. The van der Waals surface area contributed by atoms with Crippen LogP contribution in [0.25, 0.3) is 0 Å². The van der Waals surface area contributed by atoms with Gasteiger partial charge in [0.2, 0.25) is 0 Å². The van der Waals surface area contributed by atoms with Gasteiger partial charge in [-0.1, -0.05) is 19.4 Å². The van der Waals surface area contributed by atoms with E-state index >= 15 is 0 Å². The van der Waals surface area contributed by atoms with Gasteiger partial charge in [0.15, 0.2) is 0 Å². The summed E-state index contributed by atoms with van der Waals surface area (Å²) in [5.74, 6) is 1.54. The molecule has 0 amide bonds. The molecule has 1 nitrogen and oxygen atoms in total. The van der Waals surface area contributed by atoms with E-state index in [1.54, 1.807) is 6.07 Å². The maximum Gasteiger partial charge on any atom is 0.130 e. The van der Waals surface area contributed by atoms with Crippen LogP contribution < -0.4 is 5.32 Å². The minimum atomic E-state index is -0.499. The smallest absolute Gasteiger partial charge is 0.130 e. The molecule has 2 aliphatic carbocycles. The van der Waals surface area contributed by atoms with Crippen LogP contribution in [-0.2, 0) is 0 Å². The minimum absolute atomic E-state index is 0.0185. The molecule has 1 aromatic rings. The fourth-order valence-corrected chi connectivity index (χ4v) is 4.32. The second-order valence-electron chi connectivity index (χ2n) is 6.45. The summed E-state index contributed by atoms with van der Waals surface area (Å²) in [4.78, 5) is 0. The number of hydrogen-bond acceptors (Lipinski definition) is 1. The van der Waals surface area contributed by atoms with Gasteiger partial charge >= 0.3 is 0 Å².